The van der Waals surface area contributed by atoms with Gasteiger partial charge in [-0.2, -0.15) is 0 Å². The lowest BCUT2D eigenvalue weighted by molar-refractivity contribution is -0.480. The highest BCUT2D eigenvalue weighted by atomic mass is 16.6. The van der Waals surface area contributed by atoms with E-state index in [1.165, 1.54) is 25.2 Å². The maximum Gasteiger partial charge on any atom is 0.363 e. The fraction of sp³-hybridized carbons (Fsp3) is 0.750. The van der Waals surface area contributed by atoms with Crippen LogP contribution in [0, 0.1) is 20.2 Å². The molecule has 8 heteroatoms. The van der Waals surface area contributed by atoms with Crippen molar-refractivity contribution in [2.45, 2.75) is 76.3 Å². The quantitative estimate of drug-likeness (QED) is 0.419. The molecule has 0 aliphatic heterocycles. The van der Waals surface area contributed by atoms with Gasteiger partial charge in [0.05, 0.1) is 22.2 Å². The molecule has 0 heterocycles. The van der Waals surface area contributed by atoms with Gasteiger partial charge < -0.3 is 10.6 Å². The highest BCUT2D eigenvalue weighted by Crippen LogP contribution is 2.20. The van der Waals surface area contributed by atoms with Crippen molar-refractivity contribution in [3.05, 3.63) is 44.0 Å². The summed E-state index contributed by atoms with van der Waals surface area (Å²) in [6, 6.07) is 0.320. The van der Waals surface area contributed by atoms with E-state index in [-0.39, 0.29) is 12.1 Å². The van der Waals surface area contributed by atoms with Gasteiger partial charge >= 0.3 is 11.4 Å². The predicted molar refractivity (Wildman–Crippen MR) is 90.2 cm³/mol. The van der Waals surface area contributed by atoms with E-state index in [1.54, 1.807) is 0 Å². The molecule has 2 rings (SSSR count). The van der Waals surface area contributed by atoms with Crippen molar-refractivity contribution in [3.63, 3.8) is 0 Å². The first kappa shape index (κ1) is 18.2. The van der Waals surface area contributed by atoms with Gasteiger partial charge in [-0.15, -0.1) is 0 Å². The maximum absolute atomic E-state index is 11.3. The Kier molecular flexibility index (Phi) is 7.02. The van der Waals surface area contributed by atoms with Crippen molar-refractivity contribution in [2.24, 2.45) is 0 Å². The Labute approximate surface area is 141 Å². The highest BCUT2D eigenvalue weighted by molar-refractivity contribution is 5.17. The van der Waals surface area contributed by atoms with Crippen LogP contribution in [0.5, 0.6) is 0 Å². The van der Waals surface area contributed by atoms with E-state index in [9.17, 15) is 20.2 Å². The summed E-state index contributed by atoms with van der Waals surface area (Å²) in [5, 5.41) is 28.6. The molecule has 0 radical (unpaired) electrons. The van der Waals surface area contributed by atoms with Crippen LogP contribution in [-0.4, -0.2) is 21.9 Å². The van der Waals surface area contributed by atoms with Gasteiger partial charge in [0.15, 0.2) is 0 Å². The normalized spacial score (nSPS) is 21.3. The van der Waals surface area contributed by atoms with Crippen LogP contribution in [0.15, 0.2) is 23.8 Å². The largest absolute Gasteiger partial charge is 0.382 e. The Morgan fingerprint density at radius 1 is 0.708 bits per heavy atom. The summed E-state index contributed by atoms with van der Waals surface area (Å²) in [4.78, 5) is 21.2. The van der Waals surface area contributed by atoms with Gasteiger partial charge in [0, 0.05) is 12.1 Å². The van der Waals surface area contributed by atoms with Crippen LogP contribution in [0.1, 0.15) is 64.2 Å². The standard InChI is InChI=1S/C16H26N4O4/c21-19(22)15(11-17-13-7-3-1-4-8-13)16(20(23)24)12-18-14-9-5-2-6-10-14/h11-14,17-18H,1-10H2/b15-11-,16-12+. The molecule has 0 aromatic rings. The number of nitrogens with zero attached hydrogens (tertiary/aromatic N) is 2. The molecule has 2 fully saturated rings. The number of nitrogens with one attached hydrogen (secondary N) is 2. The Morgan fingerprint density at radius 2 is 1.04 bits per heavy atom. The van der Waals surface area contributed by atoms with Crippen LogP contribution in [-0.2, 0) is 0 Å². The zero-order valence-corrected chi connectivity index (χ0v) is 13.9. The summed E-state index contributed by atoms with van der Waals surface area (Å²) in [7, 11) is 0. The summed E-state index contributed by atoms with van der Waals surface area (Å²) in [6.45, 7) is 0. The van der Waals surface area contributed by atoms with Crippen LogP contribution >= 0.6 is 0 Å². The zero-order chi connectivity index (χ0) is 17.4. The highest BCUT2D eigenvalue weighted by Gasteiger charge is 2.30. The van der Waals surface area contributed by atoms with Gasteiger partial charge in [-0.05, 0) is 25.7 Å². The van der Waals surface area contributed by atoms with Gasteiger partial charge in [-0.1, -0.05) is 38.5 Å². The third-order valence-corrected chi connectivity index (χ3v) is 4.78. The van der Waals surface area contributed by atoms with Gasteiger partial charge in [-0.25, -0.2) is 0 Å². The van der Waals surface area contributed by atoms with Crippen molar-refractivity contribution in [1.82, 2.24) is 10.6 Å². The molecule has 2 saturated carbocycles. The number of hydrogen-bond donors (Lipinski definition) is 2. The molecule has 0 amide bonds. The van der Waals surface area contributed by atoms with Crippen molar-refractivity contribution >= 4 is 0 Å². The van der Waals surface area contributed by atoms with Gasteiger partial charge in [0.25, 0.3) is 0 Å². The fourth-order valence-corrected chi connectivity index (χ4v) is 3.37. The van der Waals surface area contributed by atoms with Crippen molar-refractivity contribution in [1.29, 1.82) is 0 Å². The smallest absolute Gasteiger partial charge is 0.363 e. The second kappa shape index (κ2) is 9.24. The first-order valence-corrected chi connectivity index (χ1v) is 8.79. The zero-order valence-electron chi connectivity index (χ0n) is 13.9. The Hall–Kier alpha value is -2.12. The Morgan fingerprint density at radius 3 is 1.33 bits per heavy atom. The second-order valence-electron chi connectivity index (χ2n) is 6.58. The molecule has 0 aromatic heterocycles. The minimum atomic E-state index is -0.687. The summed E-state index contributed by atoms with van der Waals surface area (Å²) in [5.74, 6) is 0. The topological polar surface area (TPSA) is 110 Å². The van der Waals surface area contributed by atoms with Crippen LogP contribution in [0.3, 0.4) is 0 Å². The van der Waals surface area contributed by atoms with E-state index >= 15 is 0 Å². The minimum Gasteiger partial charge on any atom is -0.382 e. The lowest BCUT2D eigenvalue weighted by Gasteiger charge is -2.22. The first-order valence-electron chi connectivity index (χ1n) is 8.79. The Bertz CT molecular complexity index is 460. The summed E-state index contributed by atoms with van der Waals surface area (Å²) in [6.07, 6.45) is 12.9. The minimum absolute atomic E-state index is 0.160. The molecular weight excluding hydrogens is 312 g/mol. The van der Waals surface area contributed by atoms with Crippen molar-refractivity contribution < 1.29 is 9.85 Å². The molecule has 2 aliphatic carbocycles. The SMILES string of the molecule is O=[N+]([O-])C(=C\NC1CCCCC1)/C(=C\NC1CCCCC1)[N+](=O)[O-]. The van der Waals surface area contributed by atoms with E-state index < -0.39 is 21.2 Å². The molecule has 134 valence electrons. The monoisotopic (exact) mass is 338 g/mol. The van der Waals surface area contributed by atoms with Gasteiger partial charge in [-0.3, -0.25) is 20.2 Å². The van der Waals surface area contributed by atoms with Gasteiger partial charge in [0.2, 0.25) is 0 Å². The third kappa shape index (κ3) is 5.50. The van der Waals surface area contributed by atoms with Crippen molar-refractivity contribution in [2.75, 3.05) is 0 Å². The average molecular weight is 338 g/mol. The molecule has 2 aliphatic rings. The summed E-state index contributed by atoms with van der Waals surface area (Å²) < 4.78 is 0. The van der Waals surface area contributed by atoms with Crippen LogP contribution in [0.2, 0.25) is 0 Å². The van der Waals surface area contributed by atoms with Crippen LogP contribution in [0.25, 0.3) is 0 Å². The average Bonchev–Trinajstić information content (AvgIpc) is 2.59. The predicted octanol–water partition coefficient (Wildman–Crippen LogP) is 3.07. The molecule has 8 nitrogen and oxygen atoms in total. The van der Waals surface area contributed by atoms with E-state index in [0.29, 0.717) is 0 Å². The number of hydrogen-bond acceptors (Lipinski definition) is 6. The molecular formula is C16H26N4O4. The molecule has 2 N–H and O–H groups in total. The van der Waals surface area contributed by atoms with E-state index in [1.807, 2.05) is 0 Å². The van der Waals surface area contributed by atoms with Crippen LogP contribution in [0.4, 0.5) is 0 Å². The second-order valence-corrected chi connectivity index (χ2v) is 6.58. The molecule has 0 unspecified atom stereocenters. The molecule has 0 bridgehead atoms. The molecule has 24 heavy (non-hydrogen) atoms. The summed E-state index contributed by atoms with van der Waals surface area (Å²) in [5.41, 5.74) is -0.984. The third-order valence-electron chi connectivity index (χ3n) is 4.78. The van der Waals surface area contributed by atoms with Gasteiger partial charge in [0.1, 0.15) is 0 Å². The Balaban J connectivity index is 2.07. The summed E-state index contributed by atoms with van der Waals surface area (Å²) >= 11 is 0. The molecule has 0 aromatic carbocycles. The fourth-order valence-electron chi connectivity index (χ4n) is 3.37. The molecule has 0 atom stereocenters. The maximum atomic E-state index is 11.3. The van der Waals surface area contributed by atoms with Crippen molar-refractivity contribution in [3.8, 4) is 0 Å². The van der Waals surface area contributed by atoms with Crippen LogP contribution < -0.4 is 10.6 Å². The van der Waals surface area contributed by atoms with E-state index in [2.05, 4.69) is 10.6 Å². The van der Waals surface area contributed by atoms with E-state index in [4.69, 9.17) is 0 Å². The number of rotatable bonds is 7. The lowest BCUT2D eigenvalue weighted by atomic mass is 9.95. The lowest BCUT2D eigenvalue weighted by Crippen LogP contribution is -2.29. The van der Waals surface area contributed by atoms with E-state index in [0.717, 1.165) is 51.4 Å². The molecule has 0 saturated heterocycles. The first-order chi connectivity index (χ1) is 11.6. The number of nitro groups is 2. The molecule has 0 spiro atoms.